The van der Waals surface area contributed by atoms with E-state index in [1.54, 1.807) is 7.05 Å². The summed E-state index contributed by atoms with van der Waals surface area (Å²) in [5.41, 5.74) is -0.239. The lowest BCUT2D eigenvalue weighted by atomic mass is 9.95. The molecule has 0 N–H and O–H groups in total. The Morgan fingerprint density at radius 2 is 2.40 bits per heavy atom. The van der Waals surface area contributed by atoms with E-state index in [1.165, 1.54) is 4.68 Å². The molecule has 82 valence electrons. The zero-order valence-electron chi connectivity index (χ0n) is 8.66. The molecule has 1 saturated heterocycles. The van der Waals surface area contributed by atoms with Crippen LogP contribution < -0.4 is 0 Å². The number of aryl methyl sites for hydroxylation is 1. The summed E-state index contributed by atoms with van der Waals surface area (Å²) in [4.78, 5) is 12.2. The van der Waals surface area contributed by atoms with Crippen LogP contribution in [0.1, 0.15) is 30.3 Å². The molecule has 0 aliphatic carbocycles. The van der Waals surface area contributed by atoms with Gasteiger partial charge in [0.05, 0.1) is 0 Å². The van der Waals surface area contributed by atoms with E-state index in [4.69, 9.17) is 4.74 Å². The van der Waals surface area contributed by atoms with Gasteiger partial charge in [-0.1, -0.05) is 5.21 Å². The normalized spacial score (nSPS) is 25.8. The molecule has 1 aliphatic rings. The number of hydrogen-bond acceptors (Lipinski definition) is 4. The van der Waals surface area contributed by atoms with E-state index in [1.807, 2.05) is 6.92 Å². The molecule has 1 fully saturated rings. The van der Waals surface area contributed by atoms with Crippen molar-refractivity contribution in [2.75, 3.05) is 6.61 Å². The summed E-state index contributed by atoms with van der Waals surface area (Å²) in [6.07, 6.45) is 1.68. The van der Waals surface area contributed by atoms with Crippen LogP contribution in [0.5, 0.6) is 0 Å². The van der Waals surface area contributed by atoms with Crippen molar-refractivity contribution in [2.24, 2.45) is 7.05 Å². The first-order valence-electron chi connectivity index (χ1n) is 4.78. The van der Waals surface area contributed by atoms with Gasteiger partial charge < -0.3 is 4.74 Å². The van der Waals surface area contributed by atoms with Gasteiger partial charge in [0, 0.05) is 13.7 Å². The van der Waals surface area contributed by atoms with Crippen LogP contribution in [0.15, 0.2) is 4.60 Å². The quantitative estimate of drug-likeness (QED) is 0.763. The maximum atomic E-state index is 12.2. The van der Waals surface area contributed by atoms with Crippen molar-refractivity contribution in [1.29, 1.82) is 0 Å². The first-order chi connectivity index (χ1) is 7.04. The Morgan fingerprint density at radius 3 is 2.87 bits per heavy atom. The van der Waals surface area contributed by atoms with E-state index in [9.17, 15) is 4.79 Å². The molecule has 1 aromatic rings. The summed E-state index contributed by atoms with van der Waals surface area (Å²) >= 11 is 3.22. The molecule has 0 radical (unpaired) electrons. The summed E-state index contributed by atoms with van der Waals surface area (Å²) in [5.74, 6) is -0.0561. The maximum Gasteiger partial charge on any atom is 0.215 e. The largest absolute Gasteiger partial charge is 0.367 e. The SMILES string of the molecule is Cn1nnc(Br)c1C(=O)C1(C)CCCO1. The van der Waals surface area contributed by atoms with Crippen molar-refractivity contribution >= 4 is 21.7 Å². The van der Waals surface area contributed by atoms with Crippen LogP contribution in [0, 0.1) is 0 Å². The monoisotopic (exact) mass is 273 g/mol. The van der Waals surface area contributed by atoms with E-state index in [0.717, 1.165) is 12.8 Å². The second-order valence-electron chi connectivity index (χ2n) is 3.86. The van der Waals surface area contributed by atoms with Crippen molar-refractivity contribution in [3.05, 3.63) is 10.3 Å². The van der Waals surface area contributed by atoms with E-state index in [-0.39, 0.29) is 5.78 Å². The van der Waals surface area contributed by atoms with E-state index < -0.39 is 5.60 Å². The number of aromatic nitrogens is 3. The average Bonchev–Trinajstić information content (AvgIpc) is 2.75. The van der Waals surface area contributed by atoms with Crippen LogP contribution in [0.2, 0.25) is 0 Å². The summed E-state index contributed by atoms with van der Waals surface area (Å²) < 4.78 is 7.45. The standard InChI is InChI=1S/C9H12BrN3O2/c1-9(4-3-5-15-9)7(14)6-8(10)11-12-13(6)2/h3-5H2,1-2H3. The molecule has 15 heavy (non-hydrogen) atoms. The van der Waals surface area contributed by atoms with Crippen LogP contribution >= 0.6 is 15.9 Å². The van der Waals surface area contributed by atoms with Crippen molar-refractivity contribution in [1.82, 2.24) is 15.0 Å². The topological polar surface area (TPSA) is 57.0 Å². The molecular weight excluding hydrogens is 262 g/mol. The summed E-state index contributed by atoms with van der Waals surface area (Å²) in [7, 11) is 1.70. The lowest BCUT2D eigenvalue weighted by molar-refractivity contribution is 0.0204. The molecule has 0 aromatic carbocycles. The first-order valence-corrected chi connectivity index (χ1v) is 5.58. The van der Waals surface area contributed by atoms with Crippen molar-refractivity contribution in [3.63, 3.8) is 0 Å². The predicted molar refractivity (Wildman–Crippen MR) is 56.6 cm³/mol. The highest BCUT2D eigenvalue weighted by Gasteiger charge is 2.40. The molecule has 0 bridgehead atoms. The Bertz CT molecular complexity index is 377. The molecule has 2 heterocycles. The number of nitrogens with zero attached hydrogens (tertiary/aromatic N) is 3. The molecule has 1 aliphatic heterocycles. The van der Waals surface area contributed by atoms with Gasteiger partial charge in [0.15, 0.2) is 4.60 Å². The Labute approximate surface area is 95.9 Å². The second kappa shape index (κ2) is 3.68. The highest BCUT2D eigenvalue weighted by molar-refractivity contribution is 9.10. The van der Waals surface area contributed by atoms with Gasteiger partial charge in [0.1, 0.15) is 11.3 Å². The lowest BCUT2D eigenvalue weighted by Crippen LogP contribution is -2.35. The van der Waals surface area contributed by atoms with E-state index in [2.05, 4.69) is 26.2 Å². The first kappa shape index (κ1) is 10.8. The number of carbonyl (C=O) groups is 1. The van der Waals surface area contributed by atoms with Crippen LogP contribution in [0.3, 0.4) is 0 Å². The molecule has 0 spiro atoms. The fourth-order valence-electron chi connectivity index (χ4n) is 1.78. The molecular formula is C9H12BrN3O2. The van der Waals surface area contributed by atoms with Crippen molar-refractivity contribution in [3.8, 4) is 0 Å². The highest BCUT2D eigenvalue weighted by atomic mass is 79.9. The van der Waals surface area contributed by atoms with Crippen molar-refractivity contribution < 1.29 is 9.53 Å². The van der Waals surface area contributed by atoms with Gasteiger partial charge in [-0.15, -0.1) is 5.10 Å². The third kappa shape index (κ3) is 1.72. The zero-order valence-corrected chi connectivity index (χ0v) is 10.2. The van der Waals surface area contributed by atoms with Gasteiger partial charge in [-0.25, -0.2) is 4.68 Å². The third-order valence-corrected chi connectivity index (χ3v) is 3.23. The minimum atomic E-state index is -0.710. The number of Topliss-reactive ketones (excluding diaryl/α,β-unsaturated/α-hetero) is 1. The van der Waals surface area contributed by atoms with Gasteiger partial charge in [-0.05, 0) is 35.7 Å². The van der Waals surface area contributed by atoms with Gasteiger partial charge in [0.25, 0.3) is 0 Å². The number of carbonyl (C=O) groups excluding carboxylic acids is 1. The molecule has 0 amide bonds. The van der Waals surface area contributed by atoms with Crippen LogP contribution in [0.25, 0.3) is 0 Å². The average molecular weight is 274 g/mol. The summed E-state index contributed by atoms with van der Waals surface area (Å²) in [5, 5.41) is 7.58. The van der Waals surface area contributed by atoms with Gasteiger partial charge >= 0.3 is 0 Å². The number of rotatable bonds is 2. The molecule has 2 rings (SSSR count). The number of halogens is 1. The highest BCUT2D eigenvalue weighted by Crippen LogP contribution is 2.30. The van der Waals surface area contributed by atoms with E-state index in [0.29, 0.717) is 16.9 Å². The predicted octanol–water partition coefficient (Wildman–Crippen LogP) is 1.33. The minimum Gasteiger partial charge on any atom is -0.367 e. The summed E-state index contributed by atoms with van der Waals surface area (Å²) in [6.45, 7) is 2.47. The number of ketones is 1. The third-order valence-electron chi connectivity index (χ3n) is 2.70. The second-order valence-corrected chi connectivity index (χ2v) is 4.62. The molecule has 6 heteroatoms. The fraction of sp³-hybridized carbons (Fsp3) is 0.667. The van der Waals surface area contributed by atoms with Gasteiger partial charge in [-0.2, -0.15) is 0 Å². The van der Waals surface area contributed by atoms with Gasteiger partial charge in [0.2, 0.25) is 5.78 Å². The number of hydrogen-bond donors (Lipinski definition) is 0. The van der Waals surface area contributed by atoms with Crippen LogP contribution in [-0.4, -0.2) is 33.0 Å². The molecule has 5 nitrogen and oxygen atoms in total. The zero-order chi connectivity index (χ0) is 11.1. The lowest BCUT2D eigenvalue weighted by Gasteiger charge is -2.20. The maximum absolute atomic E-state index is 12.2. The Kier molecular flexibility index (Phi) is 2.64. The number of ether oxygens (including phenoxy) is 1. The Morgan fingerprint density at radius 1 is 1.67 bits per heavy atom. The molecule has 1 atom stereocenters. The summed E-state index contributed by atoms with van der Waals surface area (Å²) in [6, 6.07) is 0. The molecule has 0 saturated carbocycles. The molecule has 1 unspecified atom stereocenters. The van der Waals surface area contributed by atoms with Crippen LogP contribution in [-0.2, 0) is 11.8 Å². The van der Waals surface area contributed by atoms with Gasteiger partial charge in [-0.3, -0.25) is 4.79 Å². The molecule has 1 aromatic heterocycles. The smallest absolute Gasteiger partial charge is 0.215 e. The van der Waals surface area contributed by atoms with Crippen LogP contribution in [0.4, 0.5) is 0 Å². The fourth-order valence-corrected chi connectivity index (χ4v) is 2.29. The van der Waals surface area contributed by atoms with E-state index >= 15 is 0 Å². The van der Waals surface area contributed by atoms with Crippen molar-refractivity contribution in [2.45, 2.75) is 25.4 Å². The Hall–Kier alpha value is -0.750. The minimum absolute atomic E-state index is 0.0561. The Balaban J connectivity index is 2.35.